The molecule has 0 fully saturated rings. The van der Waals surface area contributed by atoms with E-state index in [-0.39, 0.29) is 71.0 Å². The Morgan fingerprint density at radius 3 is 1.14 bits per heavy atom. The normalized spacial score (nSPS) is 11.8. The summed E-state index contributed by atoms with van der Waals surface area (Å²) >= 11 is 0. The number of rotatable bonds is 18. The van der Waals surface area contributed by atoms with E-state index in [1.54, 1.807) is 27.7 Å². The SMILES string of the molecule is CC(C)(CO)CO.CC(O)COC(C)CO.OCCCCCCO.OCCCCO.OCCOCCO. The van der Waals surface area contributed by atoms with E-state index in [0.29, 0.717) is 19.8 Å². The molecule has 2 atom stereocenters. The van der Waals surface area contributed by atoms with Gasteiger partial charge in [0.05, 0.1) is 65.1 Å². The molecule has 10 N–H and O–H groups in total. The third kappa shape index (κ3) is 66.4. The number of ether oxygens (including phenoxy) is 2. The van der Waals surface area contributed by atoms with Gasteiger partial charge in [-0.2, -0.15) is 0 Å². The lowest BCUT2D eigenvalue weighted by Gasteiger charge is -2.16. The molecule has 0 spiro atoms. The molecule has 0 aliphatic carbocycles. The highest BCUT2D eigenvalue weighted by Crippen LogP contribution is 2.10. The fourth-order valence-electron chi connectivity index (χ4n) is 1.44. The molecular weight excluding hydrogens is 492 g/mol. The lowest BCUT2D eigenvalue weighted by Crippen LogP contribution is -2.20. The summed E-state index contributed by atoms with van der Waals surface area (Å²) in [4.78, 5) is 0. The van der Waals surface area contributed by atoms with Crippen LogP contribution in [0.5, 0.6) is 0 Å². The van der Waals surface area contributed by atoms with Crippen LogP contribution in [0.2, 0.25) is 0 Å². The Hall–Kier alpha value is -0.480. The van der Waals surface area contributed by atoms with Crippen molar-refractivity contribution in [2.24, 2.45) is 5.41 Å². The largest absolute Gasteiger partial charge is 0.396 e. The summed E-state index contributed by atoms with van der Waals surface area (Å²) in [6.07, 6.45) is 4.65. The number of aliphatic hydroxyl groups excluding tert-OH is 10. The zero-order valence-electron chi connectivity index (χ0n) is 23.7. The first-order valence-corrected chi connectivity index (χ1v) is 12.9. The highest BCUT2D eigenvalue weighted by Gasteiger charge is 2.13. The predicted molar refractivity (Wildman–Crippen MR) is 143 cm³/mol. The molecule has 0 saturated carbocycles. The van der Waals surface area contributed by atoms with Crippen molar-refractivity contribution in [2.45, 2.75) is 78.4 Å². The van der Waals surface area contributed by atoms with Gasteiger partial charge in [0.25, 0.3) is 0 Å². The van der Waals surface area contributed by atoms with Crippen LogP contribution in [0.15, 0.2) is 0 Å². The second-order valence-corrected chi connectivity index (χ2v) is 8.73. The van der Waals surface area contributed by atoms with Crippen molar-refractivity contribution in [2.75, 3.05) is 79.3 Å². The topological polar surface area (TPSA) is 221 Å². The van der Waals surface area contributed by atoms with Crippen LogP contribution in [0, 0.1) is 5.41 Å². The molecule has 0 aromatic carbocycles. The second-order valence-electron chi connectivity index (χ2n) is 8.73. The molecule has 0 bridgehead atoms. The number of hydrogen-bond acceptors (Lipinski definition) is 12. The van der Waals surface area contributed by atoms with Gasteiger partial charge in [-0.25, -0.2) is 0 Å². The Balaban J connectivity index is -0.000000116. The first kappa shape index (κ1) is 46.4. The lowest BCUT2D eigenvalue weighted by molar-refractivity contribution is -0.0177. The van der Waals surface area contributed by atoms with E-state index in [9.17, 15) is 0 Å². The molecule has 0 saturated heterocycles. The molecule has 0 radical (unpaired) electrons. The van der Waals surface area contributed by atoms with Gasteiger partial charge >= 0.3 is 0 Å². The van der Waals surface area contributed by atoms with Crippen molar-refractivity contribution in [3.63, 3.8) is 0 Å². The Morgan fingerprint density at radius 2 is 0.919 bits per heavy atom. The molecule has 0 amide bonds. The smallest absolute Gasteiger partial charge is 0.0779 e. The Labute approximate surface area is 224 Å². The second kappa shape index (κ2) is 42.6. The number of unbranched alkanes of at least 4 members (excludes halogenated alkanes) is 4. The molecule has 2 unspecified atom stereocenters. The summed E-state index contributed by atoms with van der Waals surface area (Å²) in [5.74, 6) is 0. The number of aliphatic hydroxyl groups is 10. The minimum atomic E-state index is -0.445. The molecule has 0 rings (SSSR count). The minimum Gasteiger partial charge on any atom is -0.396 e. The lowest BCUT2D eigenvalue weighted by atomic mass is 9.97. The van der Waals surface area contributed by atoms with E-state index < -0.39 is 6.10 Å². The molecule has 12 heteroatoms. The molecule has 37 heavy (non-hydrogen) atoms. The maximum absolute atomic E-state index is 8.69. The Kier molecular flexibility index (Phi) is 53.4. The van der Waals surface area contributed by atoms with E-state index in [4.69, 9.17) is 55.8 Å². The van der Waals surface area contributed by atoms with Gasteiger partial charge in [-0.15, -0.1) is 0 Å². The van der Waals surface area contributed by atoms with Gasteiger partial charge in [0.1, 0.15) is 0 Å². The van der Waals surface area contributed by atoms with Gasteiger partial charge in [-0.1, -0.05) is 26.7 Å². The van der Waals surface area contributed by atoms with Crippen LogP contribution in [0.1, 0.15) is 66.2 Å². The fraction of sp³-hybridized carbons (Fsp3) is 1.00. The summed E-state index contributed by atoms with van der Waals surface area (Å²) < 4.78 is 9.58. The zero-order chi connectivity index (χ0) is 29.8. The van der Waals surface area contributed by atoms with Crippen LogP contribution in [-0.2, 0) is 9.47 Å². The van der Waals surface area contributed by atoms with E-state index >= 15 is 0 Å². The van der Waals surface area contributed by atoms with Crippen molar-refractivity contribution in [3.05, 3.63) is 0 Å². The summed E-state index contributed by atoms with van der Waals surface area (Å²) in [6.45, 7) is 9.03. The van der Waals surface area contributed by atoms with E-state index in [1.165, 1.54) is 0 Å². The van der Waals surface area contributed by atoms with Gasteiger partial charge in [0.15, 0.2) is 0 Å². The molecular formula is C25H60O12. The maximum atomic E-state index is 8.69. The van der Waals surface area contributed by atoms with Crippen molar-refractivity contribution >= 4 is 0 Å². The average molecular weight is 553 g/mol. The number of hydrogen-bond donors (Lipinski definition) is 10. The molecule has 0 aromatic rings. The zero-order valence-corrected chi connectivity index (χ0v) is 23.7. The highest BCUT2D eigenvalue weighted by atomic mass is 16.5. The summed E-state index contributed by atoms with van der Waals surface area (Å²) in [6, 6.07) is 0. The standard InChI is InChI=1S/C6H14O3.C6H14O2.C5H12O2.C4H10O3.C4H10O2/c1-5(8)4-9-6(2)3-7;7-5-3-1-2-4-6-8;1-5(2,3-6)4-7;5-1-3-7-4-2-6;5-3-1-2-4-6/h5-8H,3-4H2,1-2H3;7-8H,1-6H2;6-7H,3-4H2,1-2H3;5-6H,1-4H2;5-6H,1-4H2. The summed E-state index contributed by atoms with van der Waals surface area (Å²) in [7, 11) is 0. The third-order valence-corrected chi connectivity index (χ3v) is 3.84. The Morgan fingerprint density at radius 1 is 0.568 bits per heavy atom. The summed E-state index contributed by atoms with van der Waals surface area (Å²) in [5.41, 5.74) is -0.306. The summed E-state index contributed by atoms with van der Waals surface area (Å²) in [5, 5.41) is 83.0. The molecule has 0 aliphatic heterocycles. The molecule has 0 heterocycles. The predicted octanol–water partition coefficient (Wildman–Crippen LogP) is -0.968. The van der Waals surface area contributed by atoms with Crippen molar-refractivity contribution in [1.29, 1.82) is 0 Å². The minimum absolute atomic E-state index is 0.00667. The average Bonchev–Trinajstić information content (AvgIpc) is 2.90. The van der Waals surface area contributed by atoms with Gasteiger partial charge in [0, 0.05) is 31.8 Å². The van der Waals surface area contributed by atoms with Gasteiger partial charge < -0.3 is 60.5 Å². The molecule has 232 valence electrons. The monoisotopic (exact) mass is 552 g/mol. The van der Waals surface area contributed by atoms with Gasteiger partial charge in [-0.3, -0.25) is 0 Å². The maximum Gasteiger partial charge on any atom is 0.0779 e. The first-order valence-electron chi connectivity index (χ1n) is 12.9. The van der Waals surface area contributed by atoms with Crippen molar-refractivity contribution in [1.82, 2.24) is 0 Å². The van der Waals surface area contributed by atoms with Crippen LogP contribution < -0.4 is 0 Å². The van der Waals surface area contributed by atoms with Crippen LogP contribution in [0.25, 0.3) is 0 Å². The van der Waals surface area contributed by atoms with Gasteiger partial charge in [-0.05, 0) is 39.5 Å². The van der Waals surface area contributed by atoms with Crippen LogP contribution in [-0.4, -0.2) is 143 Å². The van der Waals surface area contributed by atoms with E-state index in [1.807, 2.05) is 0 Å². The Bertz CT molecular complexity index is 328. The molecule has 0 aromatic heterocycles. The van der Waals surface area contributed by atoms with Crippen LogP contribution in [0.4, 0.5) is 0 Å². The van der Waals surface area contributed by atoms with Crippen LogP contribution >= 0.6 is 0 Å². The molecule has 0 aliphatic rings. The first-order chi connectivity index (χ1) is 17.5. The molecule has 12 nitrogen and oxygen atoms in total. The van der Waals surface area contributed by atoms with Crippen molar-refractivity contribution in [3.8, 4) is 0 Å². The quantitative estimate of drug-likeness (QED) is 0.0928. The van der Waals surface area contributed by atoms with Gasteiger partial charge in [0.2, 0.25) is 0 Å². The van der Waals surface area contributed by atoms with E-state index in [2.05, 4.69) is 4.74 Å². The fourth-order valence-corrected chi connectivity index (χ4v) is 1.44. The van der Waals surface area contributed by atoms with E-state index in [0.717, 1.165) is 38.5 Å². The third-order valence-electron chi connectivity index (χ3n) is 3.84. The van der Waals surface area contributed by atoms with Crippen LogP contribution in [0.3, 0.4) is 0 Å². The van der Waals surface area contributed by atoms with Crippen molar-refractivity contribution < 1.29 is 60.5 Å². The highest BCUT2D eigenvalue weighted by molar-refractivity contribution is 4.63.